The van der Waals surface area contributed by atoms with Crippen molar-refractivity contribution in [3.8, 4) is 0 Å². The Balaban J connectivity index is 0.805. The van der Waals surface area contributed by atoms with Crippen LogP contribution in [-0.2, 0) is 22.8 Å². The molecule has 0 aliphatic carbocycles. The lowest BCUT2D eigenvalue weighted by atomic mass is 9.88. The second kappa shape index (κ2) is 15.4. The predicted molar refractivity (Wildman–Crippen MR) is 207 cm³/mol. The van der Waals surface area contributed by atoms with Gasteiger partial charge in [-0.15, -0.1) is 0 Å². The third-order valence-corrected chi connectivity index (χ3v) is 12.6. The third-order valence-electron chi connectivity index (χ3n) is 11.0. The van der Waals surface area contributed by atoms with Gasteiger partial charge in [0.15, 0.2) is 16.8 Å². The third kappa shape index (κ3) is 7.90. The van der Waals surface area contributed by atoms with E-state index in [0.717, 1.165) is 86.3 Å². The lowest BCUT2D eigenvalue weighted by Crippen LogP contribution is -2.49. The summed E-state index contributed by atoms with van der Waals surface area (Å²) in [4.78, 5) is 40.0. The number of aromatic nitrogens is 4. The van der Waals surface area contributed by atoms with Crippen molar-refractivity contribution in [2.45, 2.75) is 55.4 Å². The van der Waals surface area contributed by atoms with E-state index in [2.05, 4.69) is 65.8 Å². The molecular weight excluding hydrogens is 712 g/mol. The molecule has 1 unspecified atom stereocenters. The standard InChI is InChI=1S/C38H45ClN10O3S/c1-45-34-21-28(5-6-33(34)36(44-45)49-20-13-35(50)43-38(49)51)27-9-14-46(15-10-27)25-26-7-16-47(17-8-26)31-3-2-4-32(22-31)53(52)48-18-11-30(12-19-48)42-37-40-23-29(39)24-41-37/h2-6,11,18,21-24,26-27,30H,7-10,12-17,19-20,25H2,1H3,(H,40,41,42)(H,43,50,51)/t30-,53?/m1/s1. The summed E-state index contributed by atoms with van der Waals surface area (Å²) in [6.45, 7) is 6.32. The molecule has 2 N–H and O–H groups in total. The van der Waals surface area contributed by atoms with Crippen LogP contribution in [0.25, 0.3) is 10.9 Å². The van der Waals surface area contributed by atoms with Gasteiger partial charge < -0.3 is 15.1 Å². The zero-order valence-corrected chi connectivity index (χ0v) is 31.4. The van der Waals surface area contributed by atoms with Gasteiger partial charge in [0, 0.05) is 63.5 Å². The summed E-state index contributed by atoms with van der Waals surface area (Å²) in [7, 11) is 0.629. The maximum absolute atomic E-state index is 13.6. The molecule has 0 saturated carbocycles. The summed E-state index contributed by atoms with van der Waals surface area (Å²) in [5.41, 5.74) is 3.47. The number of nitrogens with one attached hydrogen (secondary N) is 2. The fourth-order valence-corrected chi connectivity index (χ4v) is 9.27. The van der Waals surface area contributed by atoms with E-state index in [1.165, 1.54) is 5.56 Å². The van der Waals surface area contributed by atoms with E-state index in [9.17, 15) is 13.8 Å². The Bertz CT molecular complexity index is 2020. The van der Waals surface area contributed by atoms with E-state index < -0.39 is 17.0 Å². The number of imide groups is 1. The Morgan fingerprint density at radius 2 is 1.74 bits per heavy atom. The molecule has 4 aliphatic rings. The largest absolute Gasteiger partial charge is 0.371 e. The summed E-state index contributed by atoms with van der Waals surface area (Å²) >= 11 is 5.90. The molecule has 53 heavy (non-hydrogen) atoms. The quantitative estimate of drug-likeness (QED) is 0.234. The van der Waals surface area contributed by atoms with Gasteiger partial charge in [-0.3, -0.25) is 24.0 Å². The molecule has 13 nitrogen and oxygen atoms in total. The first-order chi connectivity index (χ1) is 25.8. The molecule has 4 aliphatic heterocycles. The van der Waals surface area contributed by atoms with E-state index in [1.807, 2.05) is 40.4 Å². The highest BCUT2D eigenvalue weighted by molar-refractivity contribution is 7.82. The minimum Gasteiger partial charge on any atom is -0.371 e. The highest BCUT2D eigenvalue weighted by Crippen LogP contribution is 2.35. The van der Waals surface area contributed by atoms with Gasteiger partial charge in [-0.05, 0) is 99.0 Å². The number of nitrogens with zero attached hydrogens (tertiary/aromatic N) is 8. The van der Waals surface area contributed by atoms with E-state index in [-0.39, 0.29) is 18.4 Å². The Kier molecular flexibility index (Phi) is 10.3. The zero-order valence-electron chi connectivity index (χ0n) is 29.9. The van der Waals surface area contributed by atoms with Crippen molar-refractivity contribution in [2.75, 3.05) is 60.9 Å². The first-order valence-corrected chi connectivity index (χ1v) is 20.0. The molecule has 8 rings (SSSR count). The zero-order chi connectivity index (χ0) is 36.5. The second-order valence-electron chi connectivity index (χ2n) is 14.5. The van der Waals surface area contributed by atoms with Crippen LogP contribution < -0.4 is 20.4 Å². The summed E-state index contributed by atoms with van der Waals surface area (Å²) < 4.78 is 17.3. The SMILES string of the molecule is Cn1nc(N2CCC(=O)NC2=O)c2ccc(C3CCN(CC4CCN(c5cccc(S(=O)N6C=C[C@@H](Nc7ncc(Cl)cn7)CC6)c5)CC4)CC3)cc21. The highest BCUT2D eigenvalue weighted by atomic mass is 35.5. The number of fused-ring (bicyclic) bond motifs is 1. The van der Waals surface area contributed by atoms with Crippen LogP contribution in [0.3, 0.4) is 0 Å². The lowest BCUT2D eigenvalue weighted by molar-refractivity contribution is -0.120. The van der Waals surface area contributed by atoms with Crippen molar-refractivity contribution in [1.82, 2.24) is 34.3 Å². The van der Waals surface area contributed by atoms with Crippen molar-refractivity contribution < 1.29 is 13.8 Å². The Hall–Kier alpha value is -4.53. The molecule has 278 valence electrons. The Morgan fingerprint density at radius 1 is 0.943 bits per heavy atom. The maximum atomic E-state index is 13.6. The van der Waals surface area contributed by atoms with Crippen LogP contribution in [0.2, 0.25) is 5.02 Å². The number of hydrogen-bond acceptors (Lipinski definition) is 9. The van der Waals surface area contributed by atoms with Gasteiger partial charge in [-0.2, -0.15) is 5.10 Å². The van der Waals surface area contributed by atoms with E-state index >= 15 is 0 Å². The van der Waals surface area contributed by atoms with Crippen molar-refractivity contribution in [1.29, 1.82) is 0 Å². The number of benzene rings is 2. The average molecular weight is 757 g/mol. The van der Waals surface area contributed by atoms with Gasteiger partial charge in [-0.1, -0.05) is 23.7 Å². The number of anilines is 3. The number of likely N-dealkylation sites (tertiary alicyclic amines) is 1. The molecular formula is C38H45ClN10O3S. The molecule has 0 spiro atoms. The van der Waals surface area contributed by atoms with Crippen LogP contribution in [0.1, 0.15) is 50.0 Å². The van der Waals surface area contributed by atoms with E-state index in [4.69, 9.17) is 11.6 Å². The van der Waals surface area contributed by atoms with Crippen LogP contribution in [0.4, 0.5) is 22.2 Å². The molecule has 3 fully saturated rings. The first kappa shape index (κ1) is 35.5. The molecule has 15 heteroatoms. The monoisotopic (exact) mass is 756 g/mol. The number of piperidine rings is 2. The number of hydrogen-bond donors (Lipinski definition) is 2. The van der Waals surface area contributed by atoms with Crippen LogP contribution in [0, 0.1) is 5.92 Å². The molecule has 0 bridgehead atoms. The number of carbonyl (C=O) groups is 2. The summed E-state index contributed by atoms with van der Waals surface area (Å²) in [6, 6.07) is 14.4. The molecule has 2 atom stereocenters. The molecule has 4 aromatic rings. The molecule has 2 aromatic heterocycles. The molecule has 3 amide bonds. The number of amides is 3. The highest BCUT2D eigenvalue weighted by Gasteiger charge is 2.30. The van der Waals surface area contributed by atoms with Crippen LogP contribution >= 0.6 is 11.6 Å². The van der Waals surface area contributed by atoms with Crippen LogP contribution in [-0.4, -0.2) is 97.0 Å². The fourth-order valence-electron chi connectivity index (χ4n) is 8.03. The minimum atomic E-state index is -1.28. The second-order valence-corrected chi connectivity index (χ2v) is 16.4. The number of carbonyl (C=O) groups excluding carboxylic acids is 2. The molecule has 3 saturated heterocycles. The summed E-state index contributed by atoms with van der Waals surface area (Å²) in [6.07, 6.45) is 12.7. The van der Waals surface area contributed by atoms with E-state index in [0.29, 0.717) is 41.7 Å². The normalized spacial score (nSPS) is 21.3. The van der Waals surface area contributed by atoms with Gasteiger partial charge in [0.1, 0.15) is 0 Å². The van der Waals surface area contributed by atoms with E-state index in [1.54, 1.807) is 17.3 Å². The molecule has 6 heterocycles. The van der Waals surface area contributed by atoms with Gasteiger partial charge in [0.05, 0.1) is 33.9 Å². The summed E-state index contributed by atoms with van der Waals surface area (Å²) in [5, 5.41) is 11.8. The lowest BCUT2D eigenvalue weighted by Gasteiger charge is -2.38. The van der Waals surface area contributed by atoms with Crippen LogP contribution in [0.5, 0.6) is 0 Å². The number of aryl methyl sites for hydroxylation is 1. The van der Waals surface area contributed by atoms with Gasteiger partial charge in [-0.25, -0.2) is 19.0 Å². The maximum Gasteiger partial charge on any atom is 0.329 e. The van der Waals surface area contributed by atoms with Gasteiger partial charge in [0.2, 0.25) is 11.9 Å². The van der Waals surface area contributed by atoms with Crippen molar-refractivity contribution in [3.63, 3.8) is 0 Å². The molecule has 0 radical (unpaired) electrons. The summed E-state index contributed by atoms with van der Waals surface area (Å²) in [5.74, 6) is 2.05. The average Bonchev–Trinajstić information content (AvgIpc) is 3.51. The predicted octanol–water partition coefficient (Wildman–Crippen LogP) is 5.28. The number of halogens is 1. The Labute approximate surface area is 316 Å². The smallest absolute Gasteiger partial charge is 0.329 e. The van der Waals surface area contributed by atoms with Crippen molar-refractivity contribution >= 4 is 62.9 Å². The number of rotatable bonds is 9. The fraction of sp³-hybridized carbons (Fsp3) is 0.447. The minimum absolute atomic E-state index is 0.0630. The topological polar surface area (TPSA) is 132 Å². The van der Waals surface area contributed by atoms with Crippen LogP contribution in [0.15, 0.2) is 72.0 Å². The van der Waals surface area contributed by atoms with Crippen molar-refractivity contribution in [2.24, 2.45) is 13.0 Å². The van der Waals surface area contributed by atoms with Crippen molar-refractivity contribution in [3.05, 3.63) is 77.7 Å². The number of urea groups is 1. The van der Waals surface area contributed by atoms with Gasteiger partial charge in [0.25, 0.3) is 0 Å². The molecule has 2 aromatic carbocycles. The first-order valence-electron chi connectivity index (χ1n) is 18.5. The Morgan fingerprint density at radius 3 is 2.47 bits per heavy atom. The van der Waals surface area contributed by atoms with Gasteiger partial charge >= 0.3 is 6.03 Å².